The molecule has 1 saturated heterocycles. The second-order valence-electron chi connectivity index (χ2n) is 3.91. The van der Waals surface area contributed by atoms with Crippen molar-refractivity contribution < 1.29 is 0 Å². The Morgan fingerprint density at radius 3 is 3.20 bits per heavy atom. The topological polar surface area (TPSA) is 29.3 Å². The molecule has 1 aliphatic heterocycles. The first-order chi connectivity index (χ1) is 7.34. The maximum absolute atomic E-state index is 4.41. The number of aromatic nitrogens is 2. The Labute approximate surface area is 96.6 Å². The van der Waals surface area contributed by atoms with E-state index in [2.05, 4.69) is 36.8 Å². The quantitative estimate of drug-likeness (QED) is 0.859. The van der Waals surface area contributed by atoms with Crippen LogP contribution in [-0.2, 0) is 0 Å². The normalized spacial score (nSPS) is 21.3. The van der Waals surface area contributed by atoms with Gasteiger partial charge in [0.05, 0.1) is 11.9 Å². The second kappa shape index (κ2) is 3.61. The van der Waals surface area contributed by atoms with E-state index in [4.69, 9.17) is 0 Å². The molecule has 0 spiro atoms. The molecular weight excluding hydrogens is 254 g/mol. The van der Waals surface area contributed by atoms with Crippen molar-refractivity contribution in [1.29, 1.82) is 0 Å². The Hall–Kier alpha value is -0.870. The molecule has 0 radical (unpaired) electrons. The Kier molecular flexibility index (Phi) is 2.25. The maximum Gasteiger partial charge on any atom is 0.137 e. The molecule has 3 heterocycles. The number of fused-ring (bicyclic) bond motifs is 1. The van der Waals surface area contributed by atoms with E-state index >= 15 is 0 Å². The van der Waals surface area contributed by atoms with E-state index in [1.165, 1.54) is 18.5 Å². The van der Waals surface area contributed by atoms with Crippen molar-refractivity contribution in [3.05, 3.63) is 34.7 Å². The van der Waals surface area contributed by atoms with Crippen molar-refractivity contribution >= 4 is 21.6 Å². The van der Waals surface area contributed by atoms with E-state index in [0.29, 0.717) is 6.04 Å². The van der Waals surface area contributed by atoms with Crippen LogP contribution in [0.3, 0.4) is 0 Å². The third-order valence-corrected chi connectivity index (χ3v) is 3.38. The highest BCUT2D eigenvalue weighted by Crippen LogP contribution is 2.24. The zero-order valence-corrected chi connectivity index (χ0v) is 9.87. The molecule has 3 rings (SSSR count). The van der Waals surface area contributed by atoms with Gasteiger partial charge in [-0.3, -0.25) is 0 Å². The van der Waals surface area contributed by atoms with Gasteiger partial charge in [-0.15, -0.1) is 0 Å². The first-order valence-corrected chi connectivity index (χ1v) is 6.00. The van der Waals surface area contributed by atoms with Crippen molar-refractivity contribution in [3.63, 3.8) is 0 Å². The van der Waals surface area contributed by atoms with Gasteiger partial charge in [0.15, 0.2) is 0 Å². The number of pyridine rings is 1. The molecule has 2 aromatic heterocycles. The van der Waals surface area contributed by atoms with Gasteiger partial charge in [-0.05, 0) is 47.4 Å². The number of hydrogen-bond donors (Lipinski definition) is 1. The van der Waals surface area contributed by atoms with Crippen LogP contribution in [0.5, 0.6) is 0 Å². The number of imidazole rings is 1. The number of nitrogens with zero attached hydrogens (tertiary/aromatic N) is 2. The molecule has 1 fully saturated rings. The average Bonchev–Trinajstić information content (AvgIpc) is 2.83. The lowest BCUT2D eigenvalue weighted by Crippen LogP contribution is -2.14. The summed E-state index contributed by atoms with van der Waals surface area (Å²) in [4.78, 5) is 4.41. The van der Waals surface area contributed by atoms with Gasteiger partial charge < -0.3 is 9.72 Å². The van der Waals surface area contributed by atoms with Gasteiger partial charge >= 0.3 is 0 Å². The summed E-state index contributed by atoms with van der Waals surface area (Å²) in [6.07, 6.45) is 6.52. The Bertz CT molecular complexity index is 486. The highest BCUT2D eigenvalue weighted by Gasteiger charge is 2.19. The summed E-state index contributed by atoms with van der Waals surface area (Å²) >= 11 is 3.49. The number of rotatable bonds is 1. The molecule has 4 heteroatoms. The summed E-state index contributed by atoms with van der Waals surface area (Å²) in [6.45, 7) is 1.12. The molecule has 2 aromatic rings. The standard InChI is InChI=1S/C11H12BrN3/c12-8-3-4-11-14-6-10(15(11)7-8)9-2-1-5-13-9/h3-4,6-7,9,13H,1-2,5H2. The molecule has 1 atom stereocenters. The van der Waals surface area contributed by atoms with Gasteiger partial charge in [0, 0.05) is 16.7 Å². The van der Waals surface area contributed by atoms with E-state index in [9.17, 15) is 0 Å². The SMILES string of the molecule is Brc1ccc2ncc(C3CCCN3)n2c1. The highest BCUT2D eigenvalue weighted by molar-refractivity contribution is 9.10. The number of halogens is 1. The van der Waals surface area contributed by atoms with Gasteiger partial charge in [0.1, 0.15) is 5.65 Å². The van der Waals surface area contributed by atoms with Crippen molar-refractivity contribution in [1.82, 2.24) is 14.7 Å². The van der Waals surface area contributed by atoms with Gasteiger partial charge in [-0.1, -0.05) is 0 Å². The number of nitrogens with one attached hydrogen (secondary N) is 1. The lowest BCUT2D eigenvalue weighted by molar-refractivity contribution is 0.622. The molecule has 3 nitrogen and oxygen atoms in total. The molecule has 15 heavy (non-hydrogen) atoms. The molecule has 78 valence electrons. The fourth-order valence-electron chi connectivity index (χ4n) is 2.17. The van der Waals surface area contributed by atoms with Crippen LogP contribution in [0.4, 0.5) is 0 Å². The fourth-order valence-corrected chi connectivity index (χ4v) is 2.51. The summed E-state index contributed by atoms with van der Waals surface area (Å²) in [5, 5.41) is 3.49. The average molecular weight is 266 g/mol. The molecule has 0 saturated carbocycles. The predicted octanol–water partition coefficient (Wildman–Crippen LogP) is 2.52. The molecule has 0 aliphatic carbocycles. The summed E-state index contributed by atoms with van der Waals surface area (Å²) in [5.74, 6) is 0. The lowest BCUT2D eigenvalue weighted by atomic mass is 10.2. The number of hydrogen-bond acceptors (Lipinski definition) is 2. The van der Waals surface area contributed by atoms with Gasteiger partial charge in [0.2, 0.25) is 0 Å². The zero-order chi connectivity index (χ0) is 10.3. The van der Waals surface area contributed by atoms with Crippen LogP contribution in [0.25, 0.3) is 5.65 Å². The monoisotopic (exact) mass is 265 g/mol. The second-order valence-corrected chi connectivity index (χ2v) is 4.82. The molecule has 0 amide bonds. The minimum Gasteiger partial charge on any atom is -0.309 e. The molecule has 0 bridgehead atoms. The summed E-state index contributed by atoms with van der Waals surface area (Å²) < 4.78 is 3.25. The van der Waals surface area contributed by atoms with E-state index in [-0.39, 0.29) is 0 Å². The van der Waals surface area contributed by atoms with E-state index in [1.54, 1.807) is 0 Å². The Balaban J connectivity index is 2.13. The van der Waals surface area contributed by atoms with Gasteiger partial charge in [-0.2, -0.15) is 0 Å². The van der Waals surface area contributed by atoms with Crippen molar-refractivity contribution in [2.24, 2.45) is 0 Å². The first kappa shape index (κ1) is 9.36. The van der Waals surface area contributed by atoms with Crippen LogP contribution in [0.15, 0.2) is 29.0 Å². The summed E-state index contributed by atoms with van der Waals surface area (Å²) in [6, 6.07) is 4.52. The zero-order valence-electron chi connectivity index (χ0n) is 8.28. The first-order valence-electron chi connectivity index (χ1n) is 5.20. The van der Waals surface area contributed by atoms with Crippen molar-refractivity contribution in [2.45, 2.75) is 18.9 Å². The van der Waals surface area contributed by atoms with Crippen LogP contribution in [0, 0.1) is 0 Å². The van der Waals surface area contributed by atoms with Crippen LogP contribution in [0.1, 0.15) is 24.6 Å². The summed E-state index contributed by atoms with van der Waals surface area (Å²) in [7, 11) is 0. The van der Waals surface area contributed by atoms with Crippen LogP contribution in [0.2, 0.25) is 0 Å². The van der Waals surface area contributed by atoms with Crippen LogP contribution in [-0.4, -0.2) is 15.9 Å². The maximum atomic E-state index is 4.41. The van der Waals surface area contributed by atoms with Gasteiger partial charge in [0.25, 0.3) is 0 Å². The smallest absolute Gasteiger partial charge is 0.137 e. The molecule has 1 aliphatic rings. The molecule has 0 aromatic carbocycles. The largest absolute Gasteiger partial charge is 0.309 e. The van der Waals surface area contributed by atoms with E-state index in [1.807, 2.05) is 18.3 Å². The Morgan fingerprint density at radius 1 is 1.47 bits per heavy atom. The molecule has 1 unspecified atom stereocenters. The summed E-state index contributed by atoms with van der Waals surface area (Å²) in [5.41, 5.74) is 2.28. The predicted molar refractivity (Wildman–Crippen MR) is 62.9 cm³/mol. The van der Waals surface area contributed by atoms with Gasteiger partial charge in [-0.25, -0.2) is 4.98 Å². The third kappa shape index (κ3) is 1.58. The van der Waals surface area contributed by atoms with E-state index in [0.717, 1.165) is 16.7 Å². The lowest BCUT2D eigenvalue weighted by Gasteiger charge is -2.09. The van der Waals surface area contributed by atoms with Crippen molar-refractivity contribution in [3.8, 4) is 0 Å². The minimum atomic E-state index is 0.467. The van der Waals surface area contributed by atoms with Crippen molar-refractivity contribution in [2.75, 3.05) is 6.54 Å². The van der Waals surface area contributed by atoms with Crippen LogP contribution >= 0.6 is 15.9 Å². The van der Waals surface area contributed by atoms with Crippen LogP contribution < -0.4 is 5.32 Å². The fraction of sp³-hybridized carbons (Fsp3) is 0.364. The highest BCUT2D eigenvalue weighted by atomic mass is 79.9. The third-order valence-electron chi connectivity index (χ3n) is 2.92. The Morgan fingerprint density at radius 2 is 2.40 bits per heavy atom. The molecular formula is C11H12BrN3. The molecule has 1 N–H and O–H groups in total. The minimum absolute atomic E-state index is 0.467. The van der Waals surface area contributed by atoms with E-state index < -0.39 is 0 Å².